The molecule has 0 amide bonds. The van der Waals surface area contributed by atoms with Crippen LogP contribution < -0.4 is 21.5 Å². The van der Waals surface area contributed by atoms with Crippen LogP contribution in [0.5, 0.6) is 0 Å². The number of fused-ring (bicyclic) bond motifs is 10. The van der Waals surface area contributed by atoms with Crippen LogP contribution in [0.2, 0.25) is 0 Å². The van der Waals surface area contributed by atoms with Crippen molar-refractivity contribution >= 4 is 45.0 Å². The first kappa shape index (κ1) is 27.7. The minimum atomic E-state index is -0.0745. The zero-order chi connectivity index (χ0) is 28.5. The molecule has 43 heavy (non-hydrogen) atoms. The summed E-state index contributed by atoms with van der Waals surface area (Å²) in [6.45, 7) is 8.62. The predicted molar refractivity (Wildman–Crippen MR) is 177 cm³/mol. The molecular formula is C39H28AuBN2. The molecule has 1 aliphatic rings. The SMILES string of the molecule is Cc1cc(C)c2[c-]c1-c1cccc(n1)B(c1ccccc1)c1cccc3c1[n-]c1c(cccc13)-c1[c-]c-2c(C)cc1C.[Au+3]. The van der Waals surface area contributed by atoms with Crippen LogP contribution in [0, 0.1) is 39.8 Å². The molecule has 8 bridgehead atoms. The summed E-state index contributed by atoms with van der Waals surface area (Å²) < 4.78 is 0. The van der Waals surface area contributed by atoms with Crippen LogP contribution in [0.3, 0.4) is 0 Å². The van der Waals surface area contributed by atoms with Crippen molar-refractivity contribution in [2.75, 3.05) is 0 Å². The van der Waals surface area contributed by atoms with E-state index in [0.717, 1.165) is 55.6 Å². The molecule has 2 nitrogen and oxygen atoms in total. The smallest absolute Gasteiger partial charge is 0.663 e. The molecule has 8 rings (SSSR count). The Morgan fingerprint density at radius 3 is 1.93 bits per heavy atom. The van der Waals surface area contributed by atoms with Gasteiger partial charge in [0, 0.05) is 11.3 Å². The van der Waals surface area contributed by atoms with Crippen LogP contribution in [-0.2, 0) is 22.4 Å². The topological polar surface area (TPSA) is 27.0 Å². The van der Waals surface area contributed by atoms with Crippen LogP contribution in [0.15, 0.2) is 97.1 Å². The molecule has 208 valence electrons. The van der Waals surface area contributed by atoms with E-state index in [1.54, 1.807) is 0 Å². The van der Waals surface area contributed by atoms with Gasteiger partial charge in [-0.2, -0.15) is 28.8 Å². The van der Waals surface area contributed by atoms with Crippen molar-refractivity contribution in [3.05, 3.63) is 131 Å². The number of rotatable bonds is 1. The van der Waals surface area contributed by atoms with Gasteiger partial charge in [-0.3, -0.25) is 0 Å². The summed E-state index contributed by atoms with van der Waals surface area (Å²) in [6.07, 6.45) is 0. The van der Waals surface area contributed by atoms with Gasteiger partial charge < -0.3 is 9.97 Å². The molecule has 0 unspecified atom stereocenters. The zero-order valence-corrected chi connectivity index (χ0v) is 26.7. The molecule has 0 saturated carbocycles. The second kappa shape index (κ2) is 10.5. The minimum Gasteiger partial charge on any atom is -0.663 e. The largest absolute Gasteiger partial charge is 3.00 e. The van der Waals surface area contributed by atoms with E-state index in [2.05, 4.69) is 137 Å². The number of hydrogen-bond donors (Lipinski definition) is 0. The Labute approximate surface area is 268 Å². The molecule has 0 fully saturated rings. The van der Waals surface area contributed by atoms with Crippen LogP contribution in [0.25, 0.3) is 55.3 Å². The number of aryl methyl sites for hydroxylation is 4. The molecule has 0 N–H and O–H groups in total. The zero-order valence-electron chi connectivity index (χ0n) is 24.5. The van der Waals surface area contributed by atoms with Crippen LogP contribution in [0.4, 0.5) is 0 Å². The molecule has 3 heterocycles. The Balaban J connectivity index is 0.00000300. The second-order valence-electron chi connectivity index (χ2n) is 11.6. The van der Waals surface area contributed by atoms with E-state index in [1.165, 1.54) is 38.5 Å². The van der Waals surface area contributed by atoms with Gasteiger partial charge in [0.15, 0.2) is 0 Å². The standard InChI is InChI=1S/C39H28BN2.Au/c1-23-19-24(2)32-21-31(23)30-14-8-13-28-29-15-9-16-35(39(29)42-38(28)30)40(27-11-6-5-7-12-27)37-18-10-17-36(41-37)34-22-33(32)25(3)20-26(34)4;/h5-20H,1-4H3;/q-3;+3. The molecular weight excluding hydrogens is 704 g/mol. The number of pyridine rings is 1. The summed E-state index contributed by atoms with van der Waals surface area (Å²) in [5.74, 6) is 0. The third kappa shape index (κ3) is 4.34. The summed E-state index contributed by atoms with van der Waals surface area (Å²) >= 11 is 0. The number of nitrogens with zero attached hydrogens (tertiary/aromatic N) is 2. The Morgan fingerprint density at radius 1 is 0.581 bits per heavy atom. The van der Waals surface area contributed by atoms with Gasteiger partial charge in [0.1, 0.15) is 0 Å². The van der Waals surface area contributed by atoms with E-state index < -0.39 is 0 Å². The maximum absolute atomic E-state index is 5.42. The van der Waals surface area contributed by atoms with Crippen LogP contribution >= 0.6 is 0 Å². The van der Waals surface area contributed by atoms with Crippen molar-refractivity contribution < 1.29 is 22.4 Å². The normalized spacial score (nSPS) is 12.0. The first-order chi connectivity index (χ1) is 20.5. The van der Waals surface area contributed by atoms with E-state index in [9.17, 15) is 0 Å². The fraction of sp³-hybridized carbons (Fsp3) is 0.103. The summed E-state index contributed by atoms with van der Waals surface area (Å²) in [6, 6.07) is 42.5. The molecule has 0 radical (unpaired) electrons. The monoisotopic (exact) mass is 732 g/mol. The van der Waals surface area contributed by atoms with Crippen molar-refractivity contribution in [2.45, 2.75) is 27.7 Å². The van der Waals surface area contributed by atoms with Crippen molar-refractivity contribution in [1.29, 1.82) is 0 Å². The third-order valence-corrected chi connectivity index (χ3v) is 8.85. The van der Waals surface area contributed by atoms with Gasteiger partial charge in [-0.15, -0.1) is 51.0 Å². The maximum Gasteiger partial charge on any atom is 3.00 e. The summed E-state index contributed by atoms with van der Waals surface area (Å²) in [7, 11) is 0. The van der Waals surface area contributed by atoms with Gasteiger partial charge >= 0.3 is 22.4 Å². The van der Waals surface area contributed by atoms with E-state index in [-0.39, 0.29) is 29.1 Å². The minimum absolute atomic E-state index is 0. The molecule has 4 heteroatoms. The molecule has 0 aliphatic carbocycles. The van der Waals surface area contributed by atoms with Gasteiger partial charge in [-0.25, -0.2) is 0 Å². The number of para-hydroxylation sites is 2. The van der Waals surface area contributed by atoms with Crippen molar-refractivity contribution in [3.63, 3.8) is 0 Å². The van der Waals surface area contributed by atoms with E-state index in [4.69, 9.17) is 9.97 Å². The predicted octanol–water partition coefficient (Wildman–Crippen LogP) is 7.01. The maximum atomic E-state index is 5.42. The molecule has 2 aromatic heterocycles. The Kier molecular flexibility index (Phi) is 6.78. The van der Waals surface area contributed by atoms with Gasteiger partial charge in [-0.1, -0.05) is 129 Å². The molecule has 0 saturated heterocycles. The van der Waals surface area contributed by atoms with Gasteiger partial charge in [-0.05, 0) is 10.8 Å². The van der Waals surface area contributed by atoms with Gasteiger partial charge in [0.2, 0.25) is 0 Å². The molecule has 0 atom stereocenters. The summed E-state index contributed by atoms with van der Waals surface area (Å²) in [5.41, 5.74) is 16.5. The van der Waals surface area contributed by atoms with E-state index >= 15 is 0 Å². The van der Waals surface area contributed by atoms with Crippen molar-refractivity contribution in [2.24, 2.45) is 0 Å². The average Bonchev–Trinajstić information content (AvgIpc) is 3.38. The van der Waals surface area contributed by atoms with E-state index in [0.29, 0.717) is 0 Å². The van der Waals surface area contributed by atoms with Crippen molar-refractivity contribution in [3.8, 4) is 33.5 Å². The second-order valence-corrected chi connectivity index (χ2v) is 11.6. The third-order valence-electron chi connectivity index (χ3n) is 8.85. The molecule has 5 aromatic carbocycles. The number of hydrogen-bond acceptors (Lipinski definition) is 1. The number of benzene rings is 5. The van der Waals surface area contributed by atoms with E-state index in [1.807, 2.05) is 0 Å². The molecule has 0 spiro atoms. The Hall–Kier alpha value is -4.14. The fourth-order valence-electron chi connectivity index (χ4n) is 6.89. The van der Waals surface area contributed by atoms with Gasteiger partial charge in [0.05, 0.1) is 0 Å². The molecule has 1 aliphatic heterocycles. The first-order valence-corrected chi connectivity index (χ1v) is 14.6. The summed E-state index contributed by atoms with van der Waals surface area (Å²) in [5, 5.41) is 2.34. The fourth-order valence-corrected chi connectivity index (χ4v) is 6.89. The quantitative estimate of drug-likeness (QED) is 0.134. The van der Waals surface area contributed by atoms with Gasteiger partial charge in [0.25, 0.3) is 6.71 Å². The van der Waals surface area contributed by atoms with Crippen LogP contribution in [0.1, 0.15) is 22.3 Å². The first-order valence-electron chi connectivity index (χ1n) is 14.6. The van der Waals surface area contributed by atoms with Crippen molar-refractivity contribution in [1.82, 2.24) is 9.97 Å². The van der Waals surface area contributed by atoms with Crippen LogP contribution in [-0.4, -0.2) is 11.7 Å². The Morgan fingerprint density at radius 2 is 1.19 bits per heavy atom. The Bertz CT molecular complexity index is 2200. The molecule has 7 aromatic rings. The number of aromatic nitrogens is 2. The summed E-state index contributed by atoms with van der Waals surface area (Å²) in [4.78, 5) is 10.8. The average molecular weight is 732 g/mol.